The largest absolute Gasteiger partial charge is 0.322 e. The molecule has 2 aromatic carbocycles. The first-order valence-electron chi connectivity index (χ1n) is 6.56. The van der Waals surface area contributed by atoms with E-state index in [4.69, 9.17) is 23.2 Å². The van der Waals surface area contributed by atoms with E-state index in [1.165, 1.54) is 24.3 Å². The summed E-state index contributed by atoms with van der Waals surface area (Å²) in [6.45, 7) is 1.85. The van der Waals surface area contributed by atoms with Crippen LogP contribution in [0.15, 0.2) is 42.5 Å². The number of aryl methyl sites for hydroxylation is 1. The lowest BCUT2D eigenvalue weighted by atomic mass is 10.2. The van der Waals surface area contributed by atoms with Gasteiger partial charge in [-0.2, -0.15) is 0 Å². The smallest absolute Gasteiger partial charge is 0.288 e. The van der Waals surface area contributed by atoms with Gasteiger partial charge in [0.15, 0.2) is 0 Å². The second-order valence-electron chi connectivity index (χ2n) is 4.75. The molecule has 2 aromatic rings. The van der Waals surface area contributed by atoms with Crippen molar-refractivity contribution >= 4 is 46.6 Å². The lowest BCUT2D eigenvalue weighted by molar-refractivity contribution is -0.384. The van der Waals surface area contributed by atoms with Crippen LogP contribution in [0.4, 0.5) is 11.4 Å². The Labute approximate surface area is 142 Å². The van der Waals surface area contributed by atoms with Crippen LogP contribution in [-0.4, -0.2) is 10.8 Å². The fraction of sp³-hybridized carbons (Fsp3) is 0.0625. The summed E-state index contributed by atoms with van der Waals surface area (Å²) in [5.74, 6) is -0.368. The summed E-state index contributed by atoms with van der Waals surface area (Å²) < 4.78 is 0. The van der Waals surface area contributed by atoms with Crippen molar-refractivity contribution in [2.75, 3.05) is 5.32 Å². The molecule has 0 aliphatic rings. The molecule has 0 aromatic heterocycles. The average molecular weight is 351 g/mol. The van der Waals surface area contributed by atoms with Crippen molar-refractivity contribution in [2.45, 2.75) is 6.92 Å². The third-order valence-electron chi connectivity index (χ3n) is 3.05. The molecule has 0 saturated heterocycles. The fourth-order valence-corrected chi connectivity index (χ4v) is 2.21. The first-order valence-corrected chi connectivity index (χ1v) is 7.31. The lowest BCUT2D eigenvalue weighted by Gasteiger charge is -2.06. The number of nitrogens with zero attached hydrogens (tertiary/aromatic N) is 1. The van der Waals surface area contributed by atoms with E-state index in [0.717, 1.165) is 5.56 Å². The Kier molecular flexibility index (Phi) is 5.36. The Hall–Kier alpha value is -2.37. The van der Waals surface area contributed by atoms with E-state index in [-0.39, 0.29) is 16.6 Å². The van der Waals surface area contributed by atoms with E-state index in [1.807, 2.05) is 6.92 Å². The predicted octanol–water partition coefficient (Wildman–Crippen LogP) is 4.86. The average Bonchev–Trinajstić information content (AvgIpc) is 2.50. The number of carbonyl (C=O) groups is 1. The van der Waals surface area contributed by atoms with Crippen LogP contribution in [0.25, 0.3) is 6.08 Å². The molecule has 0 atom stereocenters. The van der Waals surface area contributed by atoms with Gasteiger partial charge in [-0.1, -0.05) is 35.3 Å². The van der Waals surface area contributed by atoms with Gasteiger partial charge in [0.05, 0.1) is 4.92 Å². The Bertz CT molecular complexity index is 804. The fourth-order valence-electron chi connectivity index (χ4n) is 1.85. The van der Waals surface area contributed by atoms with Crippen molar-refractivity contribution in [1.29, 1.82) is 0 Å². The Balaban J connectivity index is 2.14. The minimum Gasteiger partial charge on any atom is -0.322 e. The van der Waals surface area contributed by atoms with Crippen molar-refractivity contribution < 1.29 is 9.72 Å². The molecule has 0 aliphatic carbocycles. The van der Waals surface area contributed by atoms with Crippen LogP contribution in [0.2, 0.25) is 10.0 Å². The summed E-state index contributed by atoms with van der Waals surface area (Å²) in [7, 11) is 0. The zero-order chi connectivity index (χ0) is 17.0. The SMILES string of the molecule is Cc1ccc(Cl)cc1NC(=O)C=Cc1ccc(Cl)c([N+](=O)[O-])c1. The quantitative estimate of drug-likeness (QED) is 0.486. The van der Waals surface area contributed by atoms with Crippen LogP contribution in [0.1, 0.15) is 11.1 Å². The van der Waals surface area contributed by atoms with Gasteiger partial charge in [0.1, 0.15) is 5.02 Å². The topological polar surface area (TPSA) is 72.2 Å². The van der Waals surface area contributed by atoms with E-state index in [1.54, 1.807) is 24.3 Å². The number of hydrogen-bond donors (Lipinski definition) is 1. The van der Waals surface area contributed by atoms with E-state index in [0.29, 0.717) is 16.3 Å². The highest BCUT2D eigenvalue weighted by molar-refractivity contribution is 6.32. The van der Waals surface area contributed by atoms with Crippen LogP contribution in [-0.2, 0) is 4.79 Å². The Morgan fingerprint density at radius 1 is 1.22 bits per heavy atom. The van der Waals surface area contributed by atoms with Gasteiger partial charge in [-0.15, -0.1) is 0 Å². The summed E-state index contributed by atoms with van der Waals surface area (Å²) in [4.78, 5) is 22.2. The van der Waals surface area contributed by atoms with E-state index in [2.05, 4.69) is 5.32 Å². The number of halogens is 2. The number of nitro benzene ring substituents is 1. The molecule has 0 aliphatic heterocycles. The molecule has 0 unspecified atom stereocenters. The molecule has 0 radical (unpaired) electrons. The van der Waals surface area contributed by atoms with Gasteiger partial charge in [-0.3, -0.25) is 14.9 Å². The minimum atomic E-state index is -0.574. The highest BCUT2D eigenvalue weighted by Gasteiger charge is 2.11. The third kappa shape index (κ3) is 4.55. The van der Waals surface area contributed by atoms with E-state index >= 15 is 0 Å². The van der Waals surface area contributed by atoms with Crippen molar-refractivity contribution in [3.63, 3.8) is 0 Å². The molecule has 118 valence electrons. The van der Waals surface area contributed by atoms with Gasteiger partial charge in [0.2, 0.25) is 5.91 Å². The highest BCUT2D eigenvalue weighted by Crippen LogP contribution is 2.25. The maximum absolute atomic E-state index is 11.9. The molecule has 0 heterocycles. The summed E-state index contributed by atoms with van der Waals surface area (Å²) >= 11 is 11.6. The van der Waals surface area contributed by atoms with Gasteiger partial charge in [0.25, 0.3) is 5.69 Å². The van der Waals surface area contributed by atoms with Gasteiger partial charge < -0.3 is 5.32 Å². The lowest BCUT2D eigenvalue weighted by Crippen LogP contribution is -2.08. The van der Waals surface area contributed by atoms with Gasteiger partial charge in [-0.05, 0) is 42.3 Å². The van der Waals surface area contributed by atoms with E-state index in [9.17, 15) is 14.9 Å². The summed E-state index contributed by atoms with van der Waals surface area (Å²) in [6.07, 6.45) is 2.76. The maximum atomic E-state index is 11.9. The normalized spacial score (nSPS) is 10.7. The molecule has 7 heteroatoms. The monoisotopic (exact) mass is 350 g/mol. The number of nitro groups is 1. The summed E-state index contributed by atoms with van der Waals surface area (Å²) in [5, 5.41) is 14.1. The molecule has 23 heavy (non-hydrogen) atoms. The molecule has 2 rings (SSSR count). The predicted molar refractivity (Wildman–Crippen MR) is 92.0 cm³/mol. The standard InChI is InChI=1S/C16H12Cl2N2O3/c1-10-2-5-12(17)9-14(10)19-16(21)7-4-11-3-6-13(18)15(8-11)20(22)23/h2-9H,1H3,(H,19,21). The first kappa shape index (κ1) is 17.0. The highest BCUT2D eigenvalue weighted by atomic mass is 35.5. The maximum Gasteiger partial charge on any atom is 0.288 e. The summed E-state index contributed by atoms with van der Waals surface area (Å²) in [5.41, 5.74) is 1.77. The van der Waals surface area contributed by atoms with Crippen molar-refractivity contribution in [2.24, 2.45) is 0 Å². The van der Waals surface area contributed by atoms with Crippen LogP contribution in [0.3, 0.4) is 0 Å². The molecule has 0 saturated carbocycles. The Morgan fingerprint density at radius 2 is 1.96 bits per heavy atom. The van der Waals surface area contributed by atoms with Crippen molar-refractivity contribution in [3.8, 4) is 0 Å². The van der Waals surface area contributed by atoms with Crippen molar-refractivity contribution in [1.82, 2.24) is 0 Å². The minimum absolute atomic E-state index is 0.0474. The molecule has 0 spiro atoms. The van der Waals surface area contributed by atoms with Crippen molar-refractivity contribution in [3.05, 3.63) is 73.8 Å². The van der Waals surface area contributed by atoms with Gasteiger partial charge >= 0.3 is 0 Å². The zero-order valence-electron chi connectivity index (χ0n) is 12.0. The number of nitrogens with one attached hydrogen (secondary N) is 1. The number of benzene rings is 2. The molecule has 0 bridgehead atoms. The molecular formula is C16H12Cl2N2O3. The molecule has 1 N–H and O–H groups in total. The third-order valence-corrected chi connectivity index (χ3v) is 3.61. The number of anilines is 1. The molecular weight excluding hydrogens is 339 g/mol. The second-order valence-corrected chi connectivity index (χ2v) is 5.59. The number of hydrogen-bond acceptors (Lipinski definition) is 3. The second kappa shape index (κ2) is 7.26. The summed E-state index contributed by atoms with van der Waals surface area (Å²) in [6, 6.07) is 9.48. The number of rotatable bonds is 4. The zero-order valence-corrected chi connectivity index (χ0v) is 13.6. The number of carbonyl (C=O) groups excluding carboxylic acids is 1. The number of amides is 1. The van der Waals surface area contributed by atoms with Gasteiger partial charge in [-0.25, -0.2) is 0 Å². The van der Waals surface area contributed by atoms with Crippen LogP contribution >= 0.6 is 23.2 Å². The van der Waals surface area contributed by atoms with Crippen LogP contribution in [0, 0.1) is 17.0 Å². The van der Waals surface area contributed by atoms with Gasteiger partial charge in [0, 0.05) is 22.9 Å². The Morgan fingerprint density at radius 3 is 2.65 bits per heavy atom. The molecule has 0 fully saturated rings. The molecule has 1 amide bonds. The van der Waals surface area contributed by atoms with Crippen LogP contribution < -0.4 is 5.32 Å². The van der Waals surface area contributed by atoms with E-state index < -0.39 is 4.92 Å². The molecule has 5 nitrogen and oxygen atoms in total. The first-order chi connectivity index (χ1) is 10.9. The van der Waals surface area contributed by atoms with Crippen LogP contribution in [0.5, 0.6) is 0 Å².